The van der Waals surface area contributed by atoms with E-state index in [0.717, 1.165) is 0 Å². The molecule has 0 amide bonds. The first-order valence-electron chi connectivity index (χ1n) is 5.44. The first kappa shape index (κ1) is 15.7. The second-order valence-corrected chi connectivity index (χ2v) is 5.26. The summed E-state index contributed by atoms with van der Waals surface area (Å²) < 4.78 is 5.27. The second-order valence-electron chi connectivity index (χ2n) is 5.26. The van der Waals surface area contributed by atoms with E-state index in [2.05, 4.69) is 0 Å². The minimum Gasteiger partial charge on any atom is -0.460 e. The van der Waals surface area contributed by atoms with E-state index >= 15 is 0 Å². The molecular formula is C11H22ClNO3. The molecule has 0 aromatic heterocycles. The molecule has 0 spiro atoms. The predicted molar refractivity (Wildman–Crippen MR) is 64.4 cm³/mol. The number of hydrogen-bond acceptors (Lipinski definition) is 4. The fourth-order valence-corrected chi connectivity index (χ4v) is 1.93. The molecule has 0 saturated heterocycles. The van der Waals surface area contributed by atoms with Crippen LogP contribution in [-0.2, 0) is 9.53 Å². The van der Waals surface area contributed by atoms with Crippen molar-refractivity contribution in [2.45, 2.75) is 45.3 Å². The topological polar surface area (TPSA) is 72.5 Å². The largest absolute Gasteiger partial charge is 0.460 e. The lowest BCUT2D eigenvalue weighted by molar-refractivity contribution is -0.160. The van der Waals surface area contributed by atoms with Crippen molar-refractivity contribution < 1.29 is 14.6 Å². The molecule has 16 heavy (non-hydrogen) atoms. The predicted octanol–water partition coefficient (Wildman–Crippen LogP) is 1.10. The van der Waals surface area contributed by atoms with Crippen molar-refractivity contribution in [2.24, 2.45) is 17.6 Å². The second kappa shape index (κ2) is 5.84. The molecule has 5 heteroatoms. The first-order chi connectivity index (χ1) is 6.83. The molecule has 0 aromatic carbocycles. The van der Waals surface area contributed by atoms with Gasteiger partial charge in [0, 0.05) is 0 Å². The van der Waals surface area contributed by atoms with Gasteiger partial charge in [0.1, 0.15) is 5.60 Å². The number of aliphatic hydroxyl groups is 1. The van der Waals surface area contributed by atoms with Crippen molar-refractivity contribution in [2.75, 3.05) is 6.54 Å². The minimum atomic E-state index is -0.456. The third kappa shape index (κ3) is 4.28. The summed E-state index contributed by atoms with van der Waals surface area (Å²) in [7, 11) is 0. The normalized spacial score (nSPS) is 29.7. The average Bonchev–Trinajstić information content (AvgIpc) is 2.43. The Hall–Kier alpha value is -0.320. The number of esters is 1. The Morgan fingerprint density at radius 1 is 1.44 bits per heavy atom. The highest BCUT2D eigenvalue weighted by Gasteiger charge is 2.38. The number of rotatable bonds is 2. The smallest absolute Gasteiger partial charge is 0.309 e. The summed E-state index contributed by atoms with van der Waals surface area (Å²) in [4.78, 5) is 11.7. The molecule has 0 heterocycles. The van der Waals surface area contributed by atoms with Crippen LogP contribution in [-0.4, -0.2) is 29.3 Å². The van der Waals surface area contributed by atoms with Gasteiger partial charge in [0.25, 0.3) is 0 Å². The van der Waals surface area contributed by atoms with Crippen molar-refractivity contribution in [3.05, 3.63) is 0 Å². The van der Waals surface area contributed by atoms with E-state index in [1.54, 1.807) is 0 Å². The van der Waals surface area contributed by atoms with E-state index < -0.39 is 11.7 Å². The molecule has 0 aromatic rings. The van der Waals surface area contributed by atoms with E-state index in [1.165, 1.54) is 0 Å². The molecular weight excluding hydrogens is 230 g/mol. The fraction of sp³-hybridized carbons (Fsp3) is 0.909. The molecule has 1 saturated carbocycles. The summed E-state index contributed by atoms with van der Waals surface area (Å²) in [6, 6.07) is 0. The van der Waals surface area contributed by atoms with Crippen molar-refractivity contribution in [3.8, 4) is 0 Å². The number of carbonyl (C=O) groups is 1. The third-order valence-electron chi connectivity index (χ3n) is 2.70. The maximum Gasteiger partial charge on any atom is 0.309 e. The average molecular weight is 252 g/mol. The zero-order valence-corrected chi connectivity index (χ0v) is 10.9. The van der Waals surface area contributed by atoms with Gasteiger partial charge in [-0.25, -0.2) is 0 Å². The maximum atomic E-state index is 11.7. The molecule has 0 aliphatic heterocycles. The number of halogens is 1. The van der Waals surface area contributed by atoms with Gasteiger partial charge in [-0.15, -0.1) is 12.4 Å². The van der Waals surface area contributed by atoms with Crippen molar-refractivity contribution in [3.63, 3.8) is 0 Å². The fourth-order valence-electron chi connectivity index (χ4n) is 1.93. The highest BCUT2D eigenvalue weighted by Crippen LogP contribution is 2.32. The van der Waals surface area contributed by atoms with E-state index in [9.17, 15) is 9.90 Å². The van der Waals surface area contributed by atoms with Gasteiger partial charge in [-0.05, 0) is 46.1 Å². The van der Waals surface area contributed by atoms with Gasteiger partial charge in [-0.1, -0.05) is 0 Å². The number of aliphatic hydroxyl groups excluding tert-OH is 1. The minimum absolute atomic E-state index is 0. The van der Waals surface area contributed by atoms with Crippen LogP contribution in [0.15, 0.2) is 0 Å². The Morgan fingerprint density at radius 3 is 2.38 bits per heavy atom. The summed E-state index contributed by atoms with van der Waals surface area (Å²) in [5.74, 6) is -0.354. The Kier molecular flexibility index (Phi) is 5.73. The number of carbonyl (C=O) groups excluding carboxylic acids is 1. The highest BCUT2D eigenvalue weighted by molar-refractivity contribution is 5.85. The van der Waals surface area contributed by atoms with Gasteiger partial charge < -0.3 is 15.6 Å². The van der Waals surface area contributed by atoms with E-state index in [-0.39, 0.29) is 30.2 Å². The molecule has 96 valence electrons. The Balaban J connectivity index is 0.00000225. The highest BCUT2D eigenvalue weighted by atomic mass is 35.5. The van der Waals surface area contributed by atoms with Crippen molar-refractivity contribution in [1.82, 2.24) is 0 Å². The molecule has 1 rings (SSSR count). The lowest BCUT2D eigenvalue weighted by atomic mass is 10.0. The number of nitrogens with two attached hydrogens (primary N) is 1. The molecule has 1 aliphatic rings. The Bertz CT molecular complexity index is 240. The standard InChI is InChI=1S/C11H21NO3.ClH/c1-11(2,3)15-10(14)7-4-8(6-12)9(13)5-7;/h7-9,13H,4-6,12H2,1-3H3;1H/t7-,8-,9?;/m0./s1. The van der Waals surface area contributed by atoms with Crippen LogP contribution in [0, 0.1) is 11.8 Å². The number of ether oxygens (including phenoxy) is 1. The van der Waals surface area contributed by atoms with Crippen LogP contribution in [0.1, 0.15) is 33.6 Å². The van der Waals surface area contributed by atoms with Gasteiger partial charge in [-0.2, -0.15) is 0 Å². The van der Waals surface area contributed by atoms with Crippen molar-refractivity contribution in [1.29, 1.82) is 0 Å². The molecule has 3 N–H and O–H groups in total. The van der Waals surface area contributed by atoms with Gasteiger partial charge in [-0.3, -0.25) is 4.79 Å². The van der Waals surface area contributed by atoms with Gasteiger partial charge in [0.2, 0.25) is 0 Å². The Morgan fingerprint density at radius 2 is 2.00 bits per heavy atom. The molecule has 4 nitrogen and oxygen atoms in total. The van der Waals surface area contributed by atoms with Gasteiger partial charge in [0.05, 0.1) is 12.0 Å². The molecule has 1 unspecified atom stereocenters. The summed E-state index contributed by atoms with van der Waals surface area (Å²) in [5.41, 5.74) is 5.05. The van der Waals surface area contributed by atoms with Crippen molar-refractivity contribution >= 4 is 18.4 Å². The molecule has 0 bridgehead atoms. The van der Waals surface area contributed by atoms with E-state index in [4.69, 9.17) is 10.5 Å². The summed E-state index contributed by atoms with van der Waals surface area (Å²) in [6.07, 6.45) is 0.677. The maximum absolute atomic E-state index is 11.7. The van der Waals surface area contributed by atoms with Crippen LogP contribution in [0.25, 0.3) is 0 Å². The first-order valence-corrected chi connectivity index (χ1v) is 5.44. The van der Waals surface area contributed by atoms with Crippen LogP contribution in [0.2, 0.25) is 0 Å². The van der Waals surface area contributed by atoms with E-state index in [1.807, 2.05) is 20.8 Å². The number of hydrogen-bond donors (Lipinski definition) is 2. The van der Waals surface area contributed by atoms with Crippen LogP contribution >= 0.6 is 12.4 Å². The summed E-state index contributed by atoms with van der Waals surface area (Å²) in [6.45, 7) is 5.96. The molecule has 3 atom stereocenters. The quantitative estimate of drug-likeness (QED) is 0.721. The van der Waals surface area contributed by atoms with Crippen LogP contribution in [0.4, 0.5) is 0 Å². The van der Waals surface area contributed by atoms with Gasteiger partial charge in [0.15, 0.2) is 0 Å². The van der Waals surface area contributed by atoms with Gasteiger partial charge >= 0.3 is 5.97 Å². The Labute approximate surface area is 103 Å². The molecule has 1 aliphatic carbocycles. The monoisotopic (exact) mass is 251 g/mol. The summed E-state index contributed by atoms with van der Waals surface area (Å²) >= 11 is 0. The molecule has 0 radical (unpaired) electrons. The zero-order chi connectivity index (χ0) is 11.6. The van der Waals surface area contributed by atoms with Crippen LogP contribution in [0.5, 0.6) is 0 Å². The lowest BCUT2D eigenvalue weighted by Crippen LogP contribution is -2.28. The molecule has 1 fully saturated rings. The van der Waals surface area contributed by atoms with Crippen LogP contribution in [0.3, 0.4) is 0 Å². The summed E-state index contributed by atoms with van der Waals surface area (Å²) in [5, 5.41) is 9.62. The third-order valence-corrected chi connectivity index (χ3v) is 2.70. The SMILES string of the molecule is CC(C)(C)OC(=O)[C@@H]1CC(O)[C@H](CN)C1.Cl. The zero-order valence-electron chi connectivity index (χ0n) is 10.1. The lowest BCUT2D eigenvalue weighted by Gasteiger charge is -2.21. The van der Waals surface area contributed by atoms with Crippen LogP contribution < -0.4 is 5.73 Å². The van der Waals surface area contributed by atoms with E-state index in [0.29, 0.717) is 19.4 Å².